The number of thioether (sulfide) groups is 1. The number of amides is 6. The van der Waals surface area contributed by atoms with Crippen LogP contribution in [0.15, 0.2) is 35.5 Å². The highest BCUT2D eigenvalue weighted by Gasteiger charge is 2.39. The van der Waals surface area contributed by atoms with E-state index in [1.807, 2.05) is 30.5 Å². The number of nitrogens with two attached hydrogens (primary N) is 3. The van der Waals surface area contributed by atoms with E-state index in [9.17, 15) is 43.8 Å². The molecule has 21 heteroatoms. The predicted octanol–water partition coefficient (Wildman–Crippen LogP) is -1.60. The summed E-state index contributed by atoms with van der Waals surface area (Å²) in [6.07, 6.45) is 5.35. The highest BCUT2D eigenvalue weighted by atomic mass is 32.2. The van der Waals surface area contributed by atoms with Crippen molar-refractivity contribution in [1.29, 1.82) is 0 Å². The summed E-state index contributed by atoms with van der Waals surface area (Å²) in [6.45, 7) is 4.35. The molecule has 60 heavy (non-hydrogen) atoms. The molecule has 332 valence electrons. The first-order valence-corrected chi connectivity index (χ1v) is 21.4. The van der Waals surface area contributed by atoms with Crippen LogP contribution >= 0.6 is 11.8 Å². The molecule has 0 spiro atoms. The highest BCUT2D eigenvalue weighted by Crippen LogP contribution is 2.21. The van der Waals surface area contributed by atoms with Gasteiger partial charge in [-0.1, -0.05) is 38.5 Å². The first-order chi connectivity index (χ1) is 28.5. The number of likely N-dealkylation sites (tertiary alicyclic amines) is 1. The number of aliphatic carboxylic acids is 1. The number of rotatable bonds is 24. The van der Waals surface area contributed by atoms with Gasteiger partial charge in [0.1, 0.15) is 36.3 Å². The smallest absolute Gasteiger partial charge is 0.326 e. The summed E-state index contributed by atoms with van der Waals surface area (Å²) in [5.74, 6) is -5.68. The SMILES string of the molecule is CC[C@H](C)[C@H](NC(=O)[C@H](CCSC)NC(=O)[C@H](C)NC(=O)[C@@H](N)Cc1c[nH]c2ccccc12)C(=O)N[C@@H](CO)C(=O)N[C@@H](CCCN=C(N)N)C(=O)N1CCC[C@H]1C(=O)O. The number of aliphatic imine (C=N–C) groups is 1. The summed E-state index contributed by atoms with van der Waals surface area (Å²) >= 11 is 1.43. The first-order valence-electron chi connectivity index (χ1n) is 20.0. The molecular weight excluding hydrogens is 799 g/mol. The number of carbonyl (C=O) groups excluding carboxylic acids is 6. The first kappa shape index (κ1) is 49.0. The number of carbonyl (C=O) groups is 7. The maximum Gasteiger partial charge on any atom is 0.326 e. The quantitative estimate of drug-likeness (QED) is 0.0323. The molecule has 0 saturated carbocycles. The van der Waals surface area contributed by atoms with E-state index in [4.69, 9.17) is 17.2 Å². The Kier molecular flexibility index (Phi) is 19.6. The maximum absolute atomic E-state index is 13.8. The molecule has 0 unspecified atom stereocenters. The fourth-order valence-corrected chi connectivity index (χ4v) is 7.22. The summed E-state index contributed by atoms with van der Waals surface area (Å²) in [4.78, 5) is 101. The molecule has 1 saturated heterocycles. The van der Waals surface area contributed by atoms with Crippen molar-refractivity contribution >= 4 is 70.0 Å². The van der Waals surface area contributed by atoms with Gasteiger partial charge in [0.05, 0.1) is 12.6 Å². The van der Waals surface area contributed by atoms with E-state index < -0.39 is 96.2 Å². The zero-order chi connectivity index (χ0) is 44.5. The third-order valence-corrected chi connectivity index (χ3v) is 11.1. The van der Waals surface area contributed by atoms with Crippen LogP contribution in [-0.2, 0) is 40.0 Å². The van der Waals surface area contributed by atoms with Gasteiger partial charge in [-0.15, -0.1) is 0 Å². The summed E-state index contributed by atoms with van der Waals surface area (Å²) in [5, 5.41) is 33.8. The van der Waals surface area contributed by atoms with Crippen molar-refractivity contribution in [2.24, 2.45) is 28.1 Å². The van der Waals surface area contributed by atoms with Crippen molar-refractivity contribution in [3.8, 4) is 0 Å². The fourth-order valence-electron chi connectivity index (χ4n) is 6.75. The van der Waals surface area contributed by atoms with Crippen LogP contribution in [0.5, 0.6) is 0 Å². The van der Waals surface area contributed by atoms with Crippen LogP contribution in [0, 0.1) is 5.92 Å². The van der Waals surface area contributed by atoms with Gasteiger partial charge in [0.15, 0.2) is 5.96 Å². The molecule has 1 aliphatic rings. The van der Waals surface area contributed by atoms with E-state index in [0.717, 1.165) is 16.5 Å². The summed E-state index contributed by atoms with van der Waals surface area (Å²) in [5.41, 5.74) is 18.8. The number of aromatic nitrogens is 1. The van der Waals surface area contributed by atoms with Gasteiger partial charge in [-0.3, -0.25) is 33.8 Å². The Bertz CT molecular complexity index is 1840. The number of hydrogen-bond acceptors (Lipinski definition) is 11. The lowest BCUT2D eigenvalue weighted by molar-refractivity contribution is -0.149. The predicted molar refractivity (Wildman–Crippen MR) is 227 cm³/mol. The summed E-state index contributed by atoms with van der Waals surface area (Å²) in [6, 6.07) is -0.676. The number of fused-ring (bicyclic) bond motifs is 1. The van der Waals surface area contributed by atoms with Crippen LogP contribution in [0.25, 0.3) is 10.9 Å². The molecule has 0 radical (unpaired) electrons. The number of H-pyrrole nitrogens is 1. The van der Waals surface area contributed by atoms with Crippen LogP contribution in [0.2, 0.25) is 0 Å². The minimum atomic E-state index is -1.57. The monoisotopic (exact) mass is 859 g/mol. The van der Waals surface area contributed by atoms with E-state index in [0.29, 0.717) is 18.6 Å². The second kappa shape index (κ2) is 24.0. The molecule has 6 amide bonds. The fraction of sp³-hybridized carbons (Fsp3) is 0.590. The van der Waals surface area contributed by atoms with Gasteiger partial charge in [-0.2, -0.15) is 11.8 Å². The maximum atomic E-state index is 13.8. The number of guanidine groups is 1. The Labute approximate surface area is 353 Å². The van der Waals surface area contributed by atoms with E-state index >= 15 is 0 Å². The molecule has 2 aromatic rings. The largest absolute Gasteiger partial charge is 0.480 e. The lowest BCUT2D eigenvalue weighted by atomic mass is 9.97. The molecule has 1 fully saturated rings. The van der Waals surface area contributed by atoms with E-state index in [1.165, 1.54) is 23.6 Å². The second-order valence-electron chi connectivity index (χ2n) is 14.9. The normalized spacial score (nSPS) is 17.2. The van der Waals surface area contributed by atoms with Crippen molar-refractivity contribution in [3.63, 3.8) is 0 Å². The van der Waals surface area contributed by atoms with Gasteiger partial charge in [-0.05, 0) is 75.0 Å². The van der Waals surface area contributed by atoms with E-state index in [1.54, 1.807) is 20.0 Å². The highest BCUT2D eigenvalue weighted by molar-refractivity contribution is 7.98. The van der Waals surface area contributed by atoms with Gasteiger partial charge in [0, 0.05) is 30.2 Å². The standard InChI is InChI=1S/C39H61N11O9S/c1-5-21(2)31(36(56)48-29(20-51)35(55)47-28(12-8-15-43-39(41)42)37(57)50-16-9-13-30(50)38(58)59)49-34(54)27(14-17-60-4)46-32(52)22(3)45-33(53)25(40)18-23-19-44-26-11-7-6-10-24(23)26/h6-7,10-11,19,21-22,25,27-31,44,51H,5,8-9,12-18,20,40H2,1-4H3,(H,45,53)(H,46,52)(H,47,55)(H,48,56)(H,49,54)(H,58,59)(H4,41,42,43)/t21-,22-,25-,27-,28-,29-,30-,31-/m0/s1. The average Bonchev–Trinajstić information content (AvgIpc) is 3.88. The van der Waals surface area contributed by atoms with Gasteiger partial charge in [0.25, 0.3) is 0 Å². The second-order valence-corrected chi connectivity index (χ2v) is 15.9. The number of nitrogens with zero attached hydrogens (tertiary/aromatic N) is 2. The topological polar surface area (TPSA) is 330 Å². The summed E-state index contributed by atoms with van der Waals surface area (Å²) < 4.78 is 0. The molecule has 1 aromatic carbocycles. The van der Waals surface area contributed by atoms with E-state index in [-0.39, 0.29) is 51.2 Å². The molecule has 0 bridgehead atoms. The third kappa shape index (κ3) is 14.1. The number of aromatic amines is 1. The molecule has 20 nitrogen and oxygen atoms in total. The Morgan fingerprint density at radius 2 is 1.58 bits per heavy atom. The lowest BCUT2D eigenvalue weighted by Gasteiger charge is -2.30. The molecule has 0 aliphatic carbocycles. The molecule has 8 atom stereocenters. The van der Waals surface area contributed by atoms with Crippen molar-refractivity contribution in [2.45, 2.75) is 108 Å². The molecular formula is C39H61N11O9S. The Morgan fingerprint density at radius 1 is 0.917 bits per heavy atom. The van der Waals surface area contributed by atoms with Crippen LogP contribution in [0.4, 0.5) is 0 Å². The van der Waals surface area contributed by atoms with Crippen LogP contribution in [0.1, 0.15) is 64.9 Å². The Hall–Kier alpha value is -5.41. The van der Waals surface area contributed by atoms with Gasteiger partial charge < -0.3 is 63.9 Å². The lowest BCUT2D eigenvalue weighted by Crippen LogP contribution is -2.61. The number of carboxylic acids is 1. The van der Waals surface area contributed by atoms with Crippen molar-refractivity contribution in [1.82, 2.24) is 36.5 Å². The number of hydrogen-bond donors (Lipinski definition) is 11. The van der Waals surface area contributed by atoms with Gasteiger partial charge in [-0.25, -0.2) is 4.79 Å². The molecule has 1 aliphatic heterocycles. The zero-order valence-electron chi connectivity index (χ0n) is 34.6. The molecule has 14 N–H and O–H groups in total. The van der Waals surface area contributed by atoms with Crippen molar-refractivity contribution in [2.75, 3.05) is 31.7 Å². The summed E-state index contributed by atoms with van der Waals surface area (Å²) in [7, 11) is 0. The third-order valence-electron chi connectivity index (χ3n) is 10.4. The minimum Gasteiger partial charge on any atom is -0.480 e. The van der Waals surface area contributed by atoms with E-state index in [2.05, 4.69) is 36.6 Å². The van der Waals surface area contributed by atoms with Crippen LogP contribution in [0.3, 0.4) is 0 Å². The van der Waals surface area contributed by atoms with Crippen LogP contribution < -0.4 is 43.8 Å². The van der Waals surface area contributed by atoms with Gasteiger partial charge >= 0.3 is 5.97 Å². The number of aliphatic hydroxyl groups is 1. The number of carboxylic acid groups (broad SMARTS) is 1. The number of aliphatic hydroxyl groups excluding tert-OH is 1. The van der Waals surface area contributed by atoms with Crippen LogP contribution in [-0.4, -0.2) is 141 Å². The Balaban J connectivity index is 1.68. The number of benzene rings is 1. The number of nitrogens with one attached hydrogen (secondary N) is 6. The number of para-hydroxylation sites is 1. The zero-order valence-corrected chi connectivity index (χ0v) is 35.4. The molecule has 2 heterocycles. The average molecular weight is 860 g/mol. The van der Waals surface area contributed by atoms with Crippen molar-refractivity contribution < 1.29 is 43.8 Å². The minimum absolute atomic E-state index is 0.0190. The Morgan fingerprint density at radius 3 is 2.23 bits per heavy atom. The van der Waals surface area contributed by atoms with Gasteiger partial charge in [0.2, 0.25) is 35.4 Å². The molecule has 1 aromatic heterocycles. The molecule has 3 rings (SSSR count). The van der Waals surface area contributed by atoms with Crippen molar-refractivity contribution in [3.05, 3.63) is 36.0 Å².